The molecule has 0 aromatic rings. The molecule has 6 unspecified atom stereocenters. The third-order valence-corrected chi connectivity index (χ3v) is 23.7. The number of rotatable bonds is 2. The van der Waals surface area contributed by atoms with E-state index in [0.717, 1.165) is 0 Å². The number of hydrogen-bond acceptors (Lipinski definition) is 22. The van der Waals surface area contributed by atoms with Gasteiger partial charge in [-0.3, -0.25) is 18.3 Å². The Labute approximate surface area is 490 Å². The zero-order valence-electron chi connectivity index (χ0n) is 48.2. The highest BCUT2D eigenvalue weighted by atomic mass is 31.2. The van der Waals surface area contributed by atoms with Crippen LogP contribution in [-0.4, -0.2) is 255 Å². The molecule has 35 heteroatoms. The van der Waals surface area contributed by atoms with Crippen molar-refractivity contribution in [3.63, 3.8) is 0 Å². The van der Waals surface area contributed by atoms with Gasteiger partial charge in [0.1, 0.15) is 68.7 Å². The van der Waals surface area contributed by atoms with E-state index in [1.54, 1.807) is 0 Å². The van der Waals surface area contributed by atoms with E-state index in [4.69, 9.17) is 122 Å². The van der Waals surface area contributed by atoms with E-state index in [1.165, 1.54) is 41.0 Å². The van der Waals surface area contributed by atoms with E-state index >= 15 is 0 Å². The summed E-state index contributed by atoms with van der Waals surface area (Å²) in [5, 5.41) is 0. The highest BCUT2D eigenvalue weighted by molar-refractivity contribution is 7.64. The molecule has 12 radical (unpaired) electrons. The molecule has 0 amide bonds. The molecule has 0 spiro atoms. The minimum absolute atomic E-state index is 0. The molecule has 9 heterocycles. The molecule has 9 rings (SSSR count). The van der Waals surface area contributed by atoms with Crippen LogP contribution in [-0.2, 0) is 101 Å². The van der Waals surface area contributed by atoms with Crippen LogP contribution in [0.1, 0.15) is 55.9 Å². The van der Waals surface area contributed by atoms with Crippen molar-refractivity contribution in [2.45, 2.75) is 165 Å². The predicted octanol–water partition coefficient (Wildman–Crippen LogP) is 5.47. The molecule has 0 aliphatic carbocycles. The average molecular weight is 1250 g/mol. The van der Waals surface area contributed by atoms with Crippen molar-refractivity contribution >= 4 is 111 Å². The Balaban J connectivity index is 0.000000195. The maximum absolute atomic E-state index is 12.9. The van der Waals surface area contributed by atoms with Crippen LogP contribution in [0.15, 0.2) is 0 Å². The van der Waals surface area contributed by atoms with Gasteiger partial charge in [0.05, 0.1) is 103 Å². The zero-order valence-corrected chi connectivity index (χ0v) is 53.6. The summed E-state index contributed by atoms with van der Waals surface area (Å²) in [5.41, 5.74) is 0. The molecule has 450 valence electrons. The summed E-state index contributed by atoms with van der Waals surface area (Å²) in [6, 6.07) is -2.53. The van der Waals surface area contributed by atoms with Gasteiger partial charge < -0.3 is 82.7 Å². The summed E-state index contributed by atoms with van der Waals surface area (Å²) in [6.07, 6.45) is 2.56. The van der Waals surface area contributed by atoms with Crippen molar-refractivity contribution in [2.75, 3.05) is 79.6 Å². The second kappa shape index (κ2) is 28.6. The van der Waals surface area contributed by atoms with Gasteiger partial charge in [-0.1, -0.05) is 61.6 Å². The van der Waals surface area contributed by atoms with E-state index in [9.17, 15) is 18.3 Å². The monoisotopic (exact) mass is 1250 g/mol. The number of ether oxygens (including phenoxy) is 6. The van der Waals surface area contributed by atoms with Gasteiger partial charge in [-0.15, -0.1) is 0 Å². The van der Waals surface area contributed by atoms with Crippen molar-refractivity contribution in [3.05, 3.63) is 0 Å². The van der Waals surface area contributed by atoms with Crippen LogP contribution < -0.4 is 0 Å². The second-order valence-corrected chi connectivity index (χ2v) is 36.0. The fourth-order valence-electron chi connectivity index (χ4n) is 10.8. The maximum Gasteiger partial charge on any atom is 0.328 e. The molecule has 30 atom stereocenters. The van der Waals surface area contributed by atoms with Gasteiger partial charge in [0.2, 0.25) is 0 Å². The van der Waals surface area contributed by atoms with E-state index in [1.807, 2.05) is 61.8 Å². The maximum atomic E-state index is 12.9. The first-order valence-electron chi connectivity index (χ1n) is 27.0. The normalized spacial score (nSPS) is 54.3. The highest BCUT2D eigenvalue weighted by Gasteiger charge is 2.52. The predicted molar refractivity (Wildman–Crippen MR) is 319 cm³/mol. The fraction of sp³-hybridized carbons (Fsp3) is 0.957. The molecule has 81 heavy (non-hydrogen) atoms. The quantitative estimate of drug-likeness (QED) is 0.246. The number of hydrogen-bond donors (Lipinski definition) is 0. The van der Waals surface area contributed by atoms with E-state index in [-0.39, 0.29) is 113 Å². The highest BCUT2D eigenvalue weighted by Crippen LogP contribution is 2.57. The first-order chi connectivity index (χ1) is 37.0. The largest absolute Gasteiger partial charge is 0.379 e. The lowest BCUT2D eigenvalue weighted by molar-refractivity contribution is -0.0316. The first kappa shape index (κ1) is 71.3. The Morgan fingerprint density at radius 2 is 0.617 bits per heavy atom. The molecule has 9 fully saturated rings. The summed E-state index contributed by atoms with van der Waals surface area (Å²) < 4.78 is 156. The smallest absolute Gasteiger partial charge is 0.328 e. The molecule has 0 saturated carbocycles. The van der Waals surface area contributed by atoms with Crippen molar-refractivity contribution in [3.8, 4) is 0 Å². The van der Waals surface area contributed by atoms with Gasteiger partial charge in [-0.05, 0) is 6.92 Å². The zero-order chi connectivity index (χ0) is 59.2. The minimum Gasteiger partial charge on any atom is -0.379 e. The summed E-state index contributed by atoms with van der Waals surface area (Å²) in [4.78, 5) is 0. The Morgan fingerprint density at radius 3 is 0.914 bits per heavy atom. The Hall–Kier alpha value is 1.25. The average Bonchev–Trinajstić information content (AvgIpc) is 4.34. The first-order valence-corrected chi connectivity index (χ1v) is 39.5. The lowest BCUT2D eigenvalue weighted by Gasteiger charge is -2.30. The Bertz CT molecular complexity index is 2240. The van der Waals surface area contributed by atoms with Gasteiger partial charge in [-0.2, -0.15) is 0 Å². The molecule has 4 bridgehead atoms. The van der Waals surface area contributed by atoms with Crippen molar-refractivity contribution in [2.24, 2.45) is 35.5 Å². The molecule has 0 aromatic carbocycles. The molecule has 22 nitrogen and oxygen atoms in total. The van der Waals surface area contributed by atoms with Gasteiger partial charge >= 0.3 is 30.4 Å². The third kappa shape index (κ3) is 18.2. The molecule has 0 aromatic heterocycles. The molecule has 9 aliphatic heterocycles. The molecule has 0 N–H and O–H groups in total. The summed E-state index contributed by atoms with van der Waals surface area (Å²) in [5.74, 6) is -0.690. The second-order valence-electron chi connectivity index (χ2n) is 22.9. The Morgan fingerprint density at radius 1 is 0.358 bits per heavy atom. The van der Waals surface area contributed by atoms with E-state index in [2.05, 4.69) is 12.6 Å². The molecule has 9 saturated heterocycles. The topological polar surface area (TPSA) is 234 Å². The van der Waals surface area contributed by atoms with Gasteiger partial charge in [-0.25, -0.2) is 0 Å². The van der Waals surface area contributed by atoms with Crippen LogP contribution in [0, 0.1) is 35.5 Å². The molecular weight excluding hydrogens is 1170 g/mol. The van der Waals surface area contributed by atoms with E-state index < -0.39 is 124 Å². The standard InChI is InChI=1S/2C15H26B3O7P2.C15H27BO8P2.CH4/c2*1-8-10-6-21-27(5,19)25-12-9(2)14(16)22-11(12)7-20-26(3,4)24-13(8)15(18-17)23-10;1-8-10(3)21-11-6-19-26(5,18)24-14-9(2)15(16)22-12(14)7-20-25(4,17)23-13(8)11;/h2*8-15H,3,6-7H2,1-2,4-5H3;8-15H,6-7H2,1-5H3;1H4/t2*8-,9-,10-,11-,12+,13-,14-,15-,26?,27?;8-,9+,10-,11+,12+,13-,14-,15+,25?,26?;/m110./s1. The van der Waals surface area contributed by atoms with Crippen LogP contribution in [0.4, 0.5) is 0 Å². The third-order valence-electron chi connectivity index (χ3n) is 16.0. The number of fused-ring (bicyclic) bond motifs is 8. The SMILES string of the molecule is C.[B][B][C@@H]1O[C@@H]2COP(C)(=O)O[C@H]3[C@@H](C)[C@H]([B])O[C@@H]3COP(=C)(C)O[C@@H]1[C@@H]2C.[B][B][C@@H]1O[C@@H]2COP(C)(=O)O[C@H]3[C@@H](C)[C@H]([B])O[C@@H]3COP(=C)(C)O[C@@H]1[C@@H]2C.[B][C@@H]1O[C@@H]2COP(C)(=O)O[C@H]3[C@@H](C)[C@H](C)O[C@@H]3COP(C)(=O)O[C@H]2[C@H]1C. The van der Waals surface area contributed by atoms with Gasteiger partial charge in [0.15, 0.2) is 0 Å². The minimum atomic E-state index is -3.39. The summed E-state index contributed by atoms with van der Waals surface area (Å²) in [7, 11) is 13.9. The van der Waals surface area contributed by atoms with Crippen LogP contribution in [0.25, 0.3) is 0 Å². The van der Waals surface area contributed by atoms with Crippen LogP contribution in [0.2, 0.25) is 0 Å². The lowest BCUT2D eigenvalue weighted by Crippen LogP contribution is -2.35. The van der Waals surface area contributed by atoms with Crippen LogP contribution >= 0.6 is 45.1 Å². The van der Waals surface area contributed by atoms with Crippen molar-refractivity contribution < 1.29 is 101 Å². The lowest BCUT2D eigenvalue weighted by atomic mass is 9.50. The molecular formula is C46H83B7O22P6. The van der Waals surface area contributed by atoms with Crippen LogP contribution in [0.3, 0.4) is 0 Å². The van der Waals surface area contributed by atoms with Gasteiger partial charge in [0.25, 0.3) is 0 Å². The summed E-state index contributed by atoms with van der Waals surface area (Å²) >= 11 is 0. The van der Waals surface area contributed by atoms with E-state index in [0.29, 0.717) is 0 Å². The Kier molecular flexibility index (Phi) is 25.2. The van der Waals surface area contributed by atoms with Gasteiger partial charge in [0, 0.05) is 121 Å². The van der Waals surface area contributed by atoms with Crippen molar-refractivity contribution in [1.29, 1.82) is 0 Å². The van der Waals surface area contributed by atoms with Crippen molar-refractivity contribution in [1.82, 2.24) is 0 Å². The summed E-state index contributed by atoms with van der Waals surface area (Å²) in [6.45, 7) is 23.3. The molecule has 9 aliphatic rings. The van der Waals surface area contributed by atoms with Crippen LogP contribution in [0.5, 0.6) is 0 Å². The fourth-order valence-corrected chi connectivity index (χ4v) is 18.5.